The maximum atomic E-state index is 13.2. The number of benzene rings is 2. The maximum absolute atomic E-state index is 13.2. The van der Waals surface area contributed by atoms with E-state index in [-0.39, 0.29) is 11.7 Å². The predicted octanol–water partition coefficient (Wildman–Crippen LogP) is 4.02. The molecule has 0 bridgehead atoms. The Balaban J connectivity index is 2.06. The molecule has 0 spiro atoms. The van der Waals surface area contributed by atoms with E-state index in [1.807, 2.05) is 56.3 Å². The van der Waals surface area contributed by atoms with Crippen molar-refractivity contribution in [2.45, 2.75) is 19.9 Å². The number of sulfone groups is 1. The highest BCUT2D eigenvalue weighted by atomic mass is 79.9. The highest BCUT2D eigenvalue weighted by molar-refractivity contribution is 9.10. The summed E-state index contributed by atoms with van der Waals surface area (Å²) in [5.74, 6) is -0.305. The largest absolute Gasteiger partial charge is 0.300 e. The molecular weight excluding hydrogens is 402 g/mol. The fraction of sp³-hybridized carbons (Fsp3) is 0.211. The molecule has 25 heavy (non-hydrogen) atoms. The van der Waals surface area contributed by atoms with Gasteiger partial charge in [-0.2, -0.15) is 0 Å². The molecule has 0 saturated carbocycles. The van der Waals surface area contributed by atoms with Gasteiger partial charge in [-0.3, -0.25) is 4.79 Å². The summed E-state index contributed by atoms with van der Waals surface area (Å²) in [5, 5.41) is 1.19. The van der Waals surface area contributed by atoms with Crippen molar-refractivity contribution in [3.05, 3.63) is 75.1 Å². The average Bonchev–Trinajstić information content (AvgIpc) is 2.88. The lowest BCUT2D eigenvalue weighted by atomic mass is 10.1. The molecule has 0 radical (unpaired) electrons. The summed E-state index contributed by atoms with van der Waals surface area (Å²) in [7, 11) is -3.27. The number of rotatable bonds is 3. The van der Waals surface area contributed by atoms with Crippen molar-refractivity contribution in [1.82, 2.24) is 0 Å². The standard InChI is InChI=1S/C19H18BrNO3S/c1-13-9-14(2)11-15(10-13)19(22)21(17-5-3-16(20)4-6-17)18-7-8-25(23,24)12-18/h3-11,18H,12H2,1-2H3. The quantitative estimate of drug-likeness (QED) is 0.754. The normalized spacial score (nSPS) is 18.3. The van der Waals surface area contributed by atoms with Crippen LogP contribution in [0, 0.1) is 13.8 Å². The molecule has 0 saturated heterocycles. The Bertz CT molecular complexity index is 929. The second-order valence-corrected chi connectivity index (χ2v) is 9.10. The van der Waals surface area contributed by atoms with Crippen molar-refractivity contribution >= 4 is 37.4 Å². The van der Waals surface area contributed by atoms with E-state index in [0.29, 0.717) is 11.3 Å². The fourth-order valence-electron chi connectivity index (χ4n) is 3.02. The third-order valence-electron chi connectivity index (χ3n) is 4.04. The number of hydrogen-bond donors (Lipinski definition) is 0. The Hall–Kier alpha value is -1.92. The van der Waals surface area contributed by atoms with Gasteiger partial charge in [-0.05, 0) is 56.3 Å². The van der Waals surface area contributed by atoms with Crippen LogP contribution >= 0.6 is 15.9 Å². The zero-order valence-electron chi connectivity index (χ0n) is 13.9. The van der Waals surface area contributed by atoms with E-state index in [9.17, 15) is 13.2 Å². The van der Waals surface area contributed by atoms with E-state index in [0.717, 1.165) is 15.6 Å². The average molecular weight is 420 g/mol. The lowest BCUT2D eigenvalue weighted by molar-refractivity contribution is 0.0983. The number of nitrogens with zero attached hydrogens (tertiary/aromatic N) is 1. The summed E-state index contributed by atoms with van der Waals surface area (Å²) in [6.45, 7) is 3.88. The molecule has 1 amide bonds. The minimum absolute atomic E-state index is 0.0976. The Morgan fingerprint density at radius 2 is 1.68 bits per heavy atom. The summed E-state index contributed by atoms with van der Waals surface area (Å²) in [6.07, 6.45) is 1.58. The van der Waals surface area contributed by atoms with E-state index in [4.69, 9.17) is 0 Å². The van der Waals surface area contributed by atoms with Crippen LogP contribution in [-0.2, 0) is 9.84 Å². The molecule has 6 heteroatoms. The van der Waals surface area contributed by atoms with Crippen LogP contribution in [0.2, 0.25) is 0 Å². The molecule has 130 valence electrons. The molecule has 1 aliphatic heterocycles. The van der Waals surface area contributed by atoms with Crippen molar-refractivity contribution in [3.63, 3.8) is 0 Å². The molecule has 1 aliphatic rings. The number of halogens is 1. The Labute approximate surface area is 156 Å². The van der Waals surface area contributed by atoms with Crippen molar-refractivity contribution in [3.8, 4) is 0 Å². The zero-order chi connectivity index (χ0) is 18.2. The molecule has 3 rings (SSSR count). The number of carbonyl (C=O) groups is 1. The third-order valence-corrected chi connectivity index (χ3v) is 5.94. The van der Waals surface area contributed by atoms with E-state index in [2.05, 4.69) is 15.9 Å². The molecule has 2 aromatic carbocycles. The van der Waals surface area contributed by atoms with Gasteiger partial charge in [0.05, 0.1) is 11.8 Å². The van der Waals surface area contributed by atoms with Gasteiger partial charge in [-0.15, -0.1) is 0 Å². The Morgan fingerprint density at radius 3 is 2.20 bits per heavy atom. The van der Waals surface area contributed by atoms with Crippen LogP contribution in [0.5, 0.6) is 0 Å². The van der Waals surface area contributed by atoms with Crippen molar-refractivity contribution in [2.75, 3.05) is 10.7 Å². The molecule has 0 N–H and O–H groups in total. The van der Waals surface area contributed by atoms with Crippen LogP contribution < -0.4 is 4.90 Å². The van der Waals surface area contributed by atoms with Gasteiger partial charge >= 0.3 is 0 Å². The molecule has 4 nitrogen and oxygen atoms in total. The minimum Gasteiger partial charge on any atom is -0.300 e. The molecule has 2 aromatic rings. The molecule has 1 heterocycles. The number of anilines is 1. The first kappa shape index (κ1) is 17.9. The molecule has 0 fully saturated rings. The van der Waals surface area contributed by atoms with Crippen LogP contribution in [0.4, 0.5) is 5.69 Å². The Kier molecular flexibility index (Phi) is 4.84. The second kappa shape index (κ2) is 6.77. The first-order valence-electron chi connectivity index (χ1n) is 7.83. The van der Waals surface area contributed by atoms with E-state index < -0.39 is 15.9 Å². The highest BCUT2D eigenvalue weighted by Crippen LogP contribution is 2.27. The van der Waals surface area contributed by atoms with Gasteiger partial charge in [0.2, 0.25) is 0 Å². The molecule has 0 aromatic heterocycles. The predicted molar refractivity (Wildman–Crippen MR) is 104 cm³/mol. The van der Waals surface area contributed by atoms with Crippen molar-refractivity contribution < 1.29 is 13.2 Å². The smallest absolute Gasteiger partial charge is 0.258 e. The monoisotopic (exact) mass is 419 g/mol. The van der Waals surface area contributed by atoms with Crippen molar-refractivity contribution in [2.24, 2.45) is 0 Å². The van der Waals surface area contributed by atoms with Gasteiger partial charge in [0, 0.05) is 21.1 Å². The maximum Gasteiger partial charge on any atom is 0.258 e. The van der Waals surface area contributed by atoms with E-state index in [1.54, 1.807) is 11.0 Å². The lowest BCUT2D eigenvalue weighted by Crippen LogP contribution is -2.41. The van der Waals surface area contributed by atoms with Crippen LogP contribution in [0.1, 0.15) is 21.5 Å². The summed E-state index contributed by atoms with van der Waals surface area (Å²) >= 11 is 3.38. The van der Waals surface area contributed by atoms with Crippen LogP contribution in [0.25, 0.3) is 0 Å². The van der Waals surface area contributed by atoms with Gasteiger partial charge in [0.15, 0.2) is 9.84 Å². The van der Waals surface area contributed by atoms with E-state index in [1.165, 1.54) is 5.41 Å². The van der Waals surface area contributed by atoms with Gasteiger partial charge in [-0.1, -0.05) is 33.1 Å². The summed E-state index contributed by atoms with van der Waals surface area (Å²) in [5.41, 5.74) is 3.21. The second-order valence-electron chi connectivity index (χ2n) is 6.25. The topological polar surface area (TPSA) is 54.5 Å². The number of hydrogen-bond acceptors (Lipinski definition) is 3. The van der Waals surface area contributed by atoms with Gasteiger partial charge in [0.25, 0.3) is 5.91 Å². The first-order valence-corrected chi connectivity index (χ1v) is 10.3. The van der Waals surface area contributed by atoms with Crippen molar-refractivity contribution in [1.29, 1.82) is 0 Å². The summed E-state index contributed by atoms with van der Waals surface area (Å²) in [4.78, 5) is 14.8. The molecular formula is C19H18BrNO3S. The van der Waals surface area contributed by atoms with Gasteiger partial charge in [0.1, 0.15) is 0 Å². The lowest BCUT2D eigenvalue weighted by Gasteiger charge is -2.28. The summed E-state index contributed by atoms with van der Waals surface area (Å²) < 4.78 is 24.6. The van der Waals surface area contributed by atoms with Gasteiger partial charge < -0.3 is 4.90 Å². The van der Waals surface area contributed by atoms with Crippen LogP contribution in [-0.4, -0.2) is 26.1 Å². The molecule has 1 unspecified atom stereocenters. The molecule has 0 aliphatic carbocycles. The number of carbonyl (C=O) groups excluding carboxylic acids is 1. The Morgan fingerprint density at radius 1 is 1.08 bits per heavy atom. The first-order chi connectivity index (χ1) is 11.7. The third kappa shape index (κ3) is 4.02. The summed E-state index contributed by atoms with van der Waals surface area (Å²) in [6, 6.07) is 12.4. The minimum atomic E-state index is -3.27. The number of amides is 1. The molecule has 1 atom stereocenters. The number of aryl methyl sites for hydroxylation is 2. The zero-order valence-corrected chi connectivity index (χ0v) is 16.3. The van der Waals surface area contributed by atoms with E-state index >= 15 is 0 Å². The fourth-order valence-corrected chi connectivity index (χ4v) is 4.55. The van der Waals surface area contributed by atoms with Crippen LogP contribution in [0.3, 0.4) is 0 Å². The van der Waals surface area contributed by atoms with Gasteiger partial charge in [-0.25, -0.2) is 8.42 Å². The SMILES string of the molecule is Cc1cc(C)cc(C(=O)N(c2ccc(Br)cc2)C2C=CS(=O)(=O)C2)c1. The van der Waals surface area contributed by atoms with Crippen LogP contribution in [0.15, 0.2) is 58.4 Å². The highest BCUT2D eigenvalue weighted by Gasteiger charge is 2.32.